The minimum absolute atomic E-state index is 0.142. The van der Waals surface area contributed by atoms with Crippen LogP contribution in [0.15, 0.2) is 59.3 Å². The number of Topliss-reactive ketones (excluding diaryl/α,β-unsaturated/α-hetero) is 1. The molecule has 2 aromatic carbocycles. The molecular weight excluding hydrogens is 252 g/mol. The number of carbonyl (C=O) groups is 1. The summed E-state index contributed by atoms with van der Waals surface area (Å²) in [6.07, 6.45) is 0. The van der Waals surface area contributed by atoms with Crippen molar-refractivity contribution in [1.82, 2.24) is 0 Å². The molecule has 2 heteroatoms. The maximum absolute atomic E-state index is 12.0. The second-order valence-electron chi connectivity index (χ2n) is 4.15. The molecule has 0 bridgehead atoms. The summed E-state index contributed by atoms with van der Waals surface area (Å²) in [4.78, 5) is 12.0. The molecule has 0 aliphatic rings. The minimum atomic E-state index is -0.142. The smallest absolute Gasteiger partial charge is 0.236 e. The van der Waals surface area contributed by atoms with Crippen LogP contribution in [-0.2, 0) is 0 Å². The van der Waals surface area contributed by atoms with Gasteiger partial charge in [0.1, 0.15) is 0 Å². The lowest BCUT2D eigenvalue weighted by Gasteiger charge is -1.98. The van der Waals surface area contributed by atoms with Gasteiger partial charge >= 0.3 is 0 Å². The van der Waals surface area contributed by atoms with Gasteiger partial charge in [-0.05, 0) is 40.3 Å². The number of carbonyl (C=O) groups excluding carboxylic acids is 1. The number of rotatable bonds is 1. The van der Waals surface area contributed by atoms with Crippen molar-refractivity contribution in [3.63, 3.8) is 0 Å². The number of thiophene rings is 1. The standard InChI is InChI=1S/C17H10OS/c18-17(8-5-13-9-10-19-12-13)16-7-6-14-3-1-2-4-15(14)11-16/h1-4,6-7,9-12H. The molecule has 0 unspecified atom stereocenters. The van der Waals surface area contributed by atoms with Crippen molar-refractivity contribution < 1.29 is 4.79 Å². The van der Waals surface area contributed by atoms with Crippen molar-refractivity contribution in [3.8, 4) is 11.8 Å². The number of benzene rings is 2. The Morgan fingerprint density at radius 3 is 2.63 bits per heavy atom. The number of hydrogen-bond acceptors (Lipinski definition) is 2. The predicted octanol–water partition coefficient (Wildman–Crippen LogP) is 4.14. The first-order valence-corrected chi connectivity index (χ1v) is 6.84. The van der Waals surface area contributed by atoms with Gasteiger partial charge < -0.3 is 0 Å². The van der Waals surface area contributed by atoms with Crippen LogP contribution in [0.1, 0.15) is 15.9 Å². The molecule has 90 valence electrons. The molecule has 0 saturated carbocycles. The molecule has 1 aromatic heterocycles. The Kier molecular flexibility index (Phi) is 3.14. The van der Waals surface area contributed by atoms with Crippen LogP contribution >= 0.6 is 11.3 Å². The van der Waals surface area contributed by atoms with Gasteiger partial charge in [0.05, 0.1) is 0 Å². The second kappa shape index (κ2) is 5.09. The van der Waals surface area contributed by atoms with E-state index in [0.717, 1.165) is 16.3 Å². The molecule has 19 heavy (non-hydrogen) atoms. The summed E-state index contributed by atoms with van der Waals surface area (Å²) < 4.78 is 0. The fourth-order valence-electron chi connectivity index (χ4n) is 1.87. The van der Waals surface area contributed by atoms with E-state index in [1.54, 1.807) is 11.3 Å². The lowest BCUT2D eigenvalue weighted by molar-refractivity contribution is 0.105. The predicted molar refractivity (Wildman–Crippen MR) is 79.5 cm³/mol. The molecule has 0 saturated heterocycles. The molecular formula is C17H10OS. The highest BCUT2D eigenvalue weighted by Crippen LogP contribution is 2.15. The van der Waals surface area contributed by atoms with E-state index < -0.39 is 0 Å². The Labute approximate surface area is 115 Å². The lowest BCUT2D eigenvalue weighted by atomic mass is 10.0. The zero-order valence-corrected chi connectivity index (χ0v) is 10.9. The Morgan fingerprint density at radius 2 is 1.84 bits per heavy atom. The van der Waals surface area contributed by atoms with Crippen molar-refractivity contribution in [2.24, 2.45) is 0 Å². The Balaban J connectivity index is 1.93. The molecule has 0 N–H and O–H groups in total. The summed E-state index contributed by atoms with van der Waals surface area (Å²) in [5.41, 5.74) is 1.53. The number of hydrogen-bond donors (Lipinski definition) is 0. The minimum Gasteiger partial charge on any atom is -0.279 e. The molecule has 0 aliphatic carbocycles. The van der Waals surface area contributed by atoms with Crippen LogP contribution in [0.25, 0.3) is 10.8 Å². The average molecular weight is 262 g/mol. The van der Waals surface area contributed by atoms with Crippen LogP contribution in [0.4, 0.5) is 0 Å². The quantitative estimate of drug-likeness (QED) is 0.476. The topological polar surface area (TPSA) is 17.1 Å². The molecule has 0 atom stereocenters. The van der Waals surface area contributed by atoms with Gasteiger partial charge in [0.15, 0.2) is 0 Å². The van der Waals surface area contributed by atoms with Gasteiger partial charge in [-0.1, -0.05) is 36.3 Å². The van der Waals surface area contributed by atoms with Crippen LogP contribution in [0, 0.1) is 11.8 Å². The van der Waals surface area contributed by atoms with Crippen LogP contribution in [0.5, 0.6) is 0 Å². The SMILES string of the molecule is O=C(C#Cc1ccsc1)c1ccc2ccccc2c1. The van der Waals surface area contributed by atoms with Gasteiger partial charge in [0.25, 0.3) is 0 Å². The first-order chi connectivity index (χ1) is 9.33. The Hall–Kier alpha value is -2.37. The van der Waals surface area contributed by atoms with E-state index in [2.05, 4.69) is 11.8 Å². The summed E-state index contributed by atoms with van der Waals surface area (Å²) in [5, 5.41) is 6.07. The van der Waals surface area contributed by atoms with Gasteiger partial charge in [-0.2, -0.15) is 11.3 Å². The molecule has 1 nitrogen and oxygen atoms in total. The van der Waals surface area contributed by atoms with Crippen LogP contribution < -0.4 is 0 Å². The van der Waals surface area contributed by atoms with Crippen molar-refractivity contribution in [2.75, 3.05) is 0 Å². The van der Waals surface area contributed by atoms with E-state index in [-0.39, 0.29) is 5.78 Å². The summed E-state index contributed by atoms with van der Waals surface area (Å²) in [7, 11) is 0. The number of ketones is 1. The maximum atomic E-state index is 12.0. The largest absolute Gasteiger partial charge is 0.279 e. The molecule has 1 heterocycles. The molecule has 0 amide bonds. The third-order valence-electron chi connectivity index (χ3n) is 2.85. The summed E-state index contributed by atoms with van der Waals surface area (Å²) in [6.45, 7) is 0. The van der Waals surface area contributed by atoms with Crippen LogP contribution in [-0.4, -0.2) is 5.78 Å². The molecule has 0 radical (unpaired) electrons. The fourth-order valence-corrected chi connectivity index (χ4v) is 2.46. The molecule has 0 spiro atoms. The van der Waals surface area contributed by atoms with E-state index in [9.17, 15) is 4.79 Å². The van der Waals surface area contributed by atoms with E-state index in [4.69, 9.17) is 0 Å². The van der Waals surface area contributed by atoms with E-state index in [0.29, 0.717) is 5.56 Å². The van der Waals surface area contributed by atoms with Gasteiger partial charge in [0.2, 0.25) is 5.78 Å². The fraction of sp³-hybridized carbons (Fsp3) is 0. The van der Waals surface area contributed by atoms with Crippen molar-refractivity contribution in [3.05, 3.63) is 70.4 Å². The average Bonchev–Trinajstić information content (AvgIpc) is 2.97. The van der Waals surface area contributed by atoms with Gasteiger partial charge in [-0.15, -0.1) is 0 Å². The molecule has 0 aliphatic heterocycles. The first-order valence-electron chi connectivity index (χ1n) is 5.90. The highest BCUT2D eigenvalue weighted by atomic mass is 32.1. The molecule has 3 aromatic rings. The van der Waals surface area contributed by atoms with E-state index >= 15 is 0 Å². The zero-order valence-electron chi connectivity index (χ0n) is 10.1. The first kappa shape index (κ1) is 11.7. The highest BCUT2D eigenvalue weighted by molar-refractivity contribution is 7.08. The van der Waals surface area contributed by atoms with Gasteiger partial charge in [-0.3, -0.25) is 4.79 Å². The third-order valence-corrected chi connectivity index (χ3v) is 3.54. The molecule has 3 rings (SSSR count). The van der Waals surface area contributed by atoms with Gasteiger partial charge in [0, 0.05) is 16.5 Å². The molecule has 0 fully saturated rings. The summed E-state index contributed by atoms with van der Waals surface area (Å²) in [5.74, 6) is 5.42. The Morgan fingerprint density at radius 1 is 1.00 bits per heavy atom. The highest BCUT2D eigenvalue weighted by Gasteiger charge is 2.03. The van der Waals surface area contributed by atoms with E-state index in [1.165, 1.54) is 0 Å². The van der Waals surface area contributed by atoms with Crippen molar-refractivity contribution >= 4 is 27.9 Å². The van der Waals surface area contributed by atoms with Gasteiger partial charge in [-0.25, -0.2) is 0 Å². The van der Waals surface area contributed by atoms with Crippen LogP contribution in [0.2, 0.25) is 0 Å². The van der Waals surface area contributed by atoms with Crippen LogP contribution in [0.3, 0.4) is 0 Å². The summed E-state index contributed by atoms with van der Waals surface area (Å²) >= 11 is 1.58. The van der Waals surface area contributed by atoms with Crippen molar-refractivity contribution in [2.45, 2.75) is 0 Å². The Bertz CT molecular complexity index is 789. The maximum Gasteiger partial charge on any atom is 0.236 e. The van der Waals surface area contributed by atoms with Crippen molar-refractivity contribution in [1.29, 1.82) is 0 Å². The van der Waals surface area contributed by atoms with E-state index in [1.807, 2.05) is 59.3 Å². The monoisotopic (exact) mass is 262 g/mol. The third kappa shape index (κ3) is 2.57. The normalized spacial score (nSPS) is 9.89. The second-order valence-corrected chi connectivity index (χ2v) is 4.93. The summed E-state index contributed by atoms with van der Waals surface area (Å²) in [6, 6.07) is 15.6. The lowest BCUT2D eigenvalue weighted by Crippen LogP contribution is -1.94. The number of fused-ring (bicyclic) bond motifs is 1. The zero-order chi connectivity index (χ0) is 13.1.